The Morgan fingerprint density at radius 2 is 1.89 bits per heavy atom. The van der Waals surface area contributed by atoms with Gasteiger partial charge < -0.3 is 25.4 Å². The highest BCUT2D eigenvalue weighted by atomic mass is 16.6. The van der Waals surface area contributed by atoms with Gasteiger partial charge in [0.1, 0.15) is 17.7 Å². The number of ether oxygens (including phenoxy) is 1. The predicted octanol–water partition coefficient (Wildman–Crippen LogP) is 4.05. The van der Waals surface area contributed by atoms with Gasteiger partial charge in [0.05, 0.1) is 6.61 Å². The van der Waals surface area contributed by atoms with Crippen molar-refractivity contribution in [2.75, 3.05) is 19.7 Å². The van der Waals surface area contributed by atoms with Crippen LogP contribution in [0.2, 0.25) is 0 Å². The van der Waals surface area contributed by atoms with Crippen molar-refractivity contribution in [3.8, 4) is 0 Å². The highest BCUT2D eigenvalue weighted by molar-refractivity contribution is 5.92. The molecule has 1 aromatic carbocycles. The standard InChI is InChI=1S/C27H43N3O5/c1-8-10-11-15-28-24(32)23(21-14-12-13-20(9-2)18-21)30(16-17-31)25(33)22(19(3)4)29-26(34)35-27(5,6)7/h9,12-14,18-19,22-23,31H,2,8,10-11,15-17H2,1,3-7H3,(H,28,32)(H,29,34). The summed E-state index contributed by atoms with van der Waals surface area (Å²) < 4.78 is 5.35. The van der Waals surface area contributed by atoms with E-state index in [0.717, 1.165) is 24.8 Å². The monoisotopic (exact) mass is 489 g/mol. The van der Waals surface area contributed by atoms with Gasteiger partial charge in [0.2, 0.25) is 11.8 Å². The second-order valence-corrected chi connectivity index (χ2v) is 9.90. The molecule has 8 heteroatoms. The fraction of sp³-hybridized carbons (Fsp3) is 0.593. The average molecular weight is 490 g/mol. The third kappa shape index (κ3) is 10.1. The van der Waals surface area contributed by atoms with Crippen molar-refractivity contribution in [2.24, 2.45) is 5.92 Å². The van der Waals surface area contributed by atoms with Crippen molar-refractivity contribution in [1.29, 1.82) is 0 Å². The second-order valence-electron chi connectivity index (χ2n) is 9.90. The summed E-state index contributed by atoms with van der Waals surface area (Å²) in [7, 11) is 0. The molecule has 0 spiro atoms. The molecular formula is C27H43N3O5. The molecule has 0 bridgehead atoms. The Kier molecular flexibility index (Phi) is 12.5. The van der Waals surface area contributed by atoms with Gasteiger partial charge in [-0.15, -0.1) is 0 Å². The van der Waals surface area contributed by atoms with Crippen LogP contribution in [0, 0.1) is 5.92 Å². The van der Waals surface area contributed by atoms with Gasteiger partial charge in [0.15, 0.2) is 0 Å². The largest absolute Gasteiger partial charge is 0.444 e. The molecule has 0 heterocycles. The van der Waals surface area contributed by atoms with Crippen LogP contribution in [0.4, 0.5) is 4.79 Å². The van der Waals surface area contributed by atoms with Crippen molar-refractivity contribution in [3.05, 3.63) is 42.0 Å². The van der Waals surface area contributed by atoms with Crippen LogP contribution in [0.15, 0.2) is 30.8 Å². The molecule has 0 aliphatic rings. The third-order valence-corrected chi connectivity index (χ3v) is 5.33. The number of hydrogen-bond acceptors (Lipinski definition) is 5. The molecule has 3 N–H and O–H groups in total. The Hall–Kier alpha value is -2.87. The predicted molar refractivity (Wildman–Crippen MR) is 139 cm³/mol. The van der Waals surface area contributed by atoms with Gasteiger partial charge in [-0.25, -0.2) is 4.79 Å². The number of aliphatic hydroxyl groups excluding tert-OH is 1. The SMILES string of the molecule is C=Cc1cccc(C(C(=O)NCCCCC)N(CCO)C(=O)C(NC(=O)OC(C)(C)C)C(C)C)c1. The summed E-state index contributed by atoms with van der Waals surface area (Å²) in [6.45, 7) is 14.7. The Balaban J connectivity index is 3.37. The number of carbonyl (C=O) groups excluding carboxylic acids is 3. The molecule has 1 rings (SSSR count). The van der Waals surface area contributed by atoms with Gasteiger partial charge in [-0.3, -0.25) is 9.59 Å². The lowest BCUT2D eigenvalue weighted by Gasteiger charge is -2.35. The Bertz CT molecular complexity index is 847. The van der Waals surface area contributed by atoms with Crippen molar-refractivity contribution in [3.63, 3.8) is 0 Å². The summed E-state index contributed by atoms with van der Waals surface area (Å²) in [4.78, 5) is 41.0. The summed E-state index contributed by atoms with van der Waals surface area (Å²) in [5, 5.41) is 15.4. The van der Waals surface area contributed by atoms with Gasteiger partial charge >= 0.3 is 6.09 Å². The Morgan fingerprint density at radius 3 is 2.43 bits per heavy atom. The first-order valence-electron chi connectivity index (χ1n) is 12.4. The van der Waals surface area contributed by atoms with Crippen molar-refractivity contribution < 1.29 is 24.2 Å². The molecule has 196 valence electrons. The van der Waals surface area contributed by atoms with E-state index in [1.54, 1.807) is 58.9 Å². The maximum absolute atomic E-state index is 13.8. The molecule has 0 aliphatic heterocycles. The molecule has 0 aromatic heterocycles. The van der Waals surface area contributed by atoms with E-state index in [0.29, 0.717) is 12.1 Å². The average Bonchev–Trinajstić information content (AvgIpc) is 2.78. The van der Waals surface area contributed by atoms with Gasteiger partial charge in [0, 0.05) is 13.1 Å². The first-order valence-corrected chi connectivity index (χ1v) is 12.4. The van der Waals surface area contributed by atoms with Crippen LogP contribution < -0.4 is 10.6 Å². The maximum Gasteiger partial charge on any atom is 0.408 e. The van der Waals surface area contributed by atoms with Gasteiger partial charge in [-0.1, -0.05) is 64.5 Å². The molecule has 8 nitrogen and oxygen atoms in total. The molecular weight excluding hydrogens is 446 g/mol. The molecule has 0 radical (unpaired) electrons. The van der Waals surface area contributed by atoms with E-state index in [4.69, 9.17) is 4.74 Å². The van der Waals surface area contributed by atoms with Crippen LogP contribution in [0.3, 0.4) is 0 Å². The van der Waals surface area contributed by atoms with E-state index in [1.807, 2.05) is 6.07 Å². The van der Waals surface area contributed by atoms with E-state index in [1.165, 1.54) is 4.90 Å². The molecule has 0 aliphatic carbocycles. The number of hydrogen-bond donors (Lipinski definition) is 3. The number of unbranched alkanes of at least 4 members (excludes halogenated alkanes) is 2. The molecule has 3 amide bonds. The number of nitrogens with zero attached hydrogens (tertiary/aromatic N) is 1. The molecule has 2 unspecified atom stereocenters. The van der Waals surface area contributed by atoms with E-state index >= 15 is 0 Å². The fourth-order valence-electron chi connectivity index (χ4n) is 3.61. The Morgan fingerprint density at radius 1 is 1.20 bits per heavy atom. The number of amides is 3. The Labute approximate surface area is 210 Å². The molecule has 35 heavy (non-hydrogen) atoms. The lowest BCUT2D eigenvalue weighted by molar-refractivity contribution is -0.143. The highest BCUT2D eigenvalue weighted by Crippen LogP contribution is 2.25. The first kappa shape index (κ1) is 30.2. The van der Waals surface area contributed by atoms with E-state index < -0.39 is 29.7 Å². The number of rotatable bonds is 13. The molecule has 0 saturated carbocycles. The van der Waals surface area contributed by atoms with Crippen LogP contribution in [-0.4, -0.2) is 59.3 Å². The zero-order valence-electron chi connectivity index (χ0n) is 22.1. The lowest BCUT2D eigenvalue weighted by Crippen LogP contribution is -2.55. The molecule has 1 aromatic rings. The summed E-state index contributed by atoms with van der Waals surface area (Å²) in [6, 6.07) is 5.28. The third-order valence-electron chi connectivity index (χ3n) is 5.33. The minimum Gasteiger partial charge on any atom is -0.444 e. The smallest absolute Gasteiger partial charge is 0.408 e. The van der Waals surface area contributed by atoms with E-state index in [-0.39, 0.29) is 25.0 Å². The van der Waals surface area contributed by atoms with Crippen molar-refractivity contribution in [2.45, 2.75) is 78.5 Å². The maximum atomic E-state index is 13.8. The van der Waals surface area contributed by atoms with Gasteiger partial charge in [-0.2, -0.15) is 0 Å². The van der Waals surface area contributed by atoms with E-state index in [9.17, 15) is 19.5 Å². The zero-order chi connectivity index (χ0) is 26.6. The topological polar surface area (TPSA) is 108 Å². The second kappa shape index (κ2) is 14.5. The molecule has 0 saturated heterocycles. The minimum atomic E-state index is -0.988. The van der Waals surface area contributed by atoms with E-state index in [2.05, 4.69) is 24.1 Å². The minimum absolute atomic E-state index is 0.0799. The number of aliphatic hydroxyl groups is 1. The van der Waals surface area contributed by atoms with Gasteiger partial charge in [0.25, 0.3) is 0 Å². The molecule has 0 fully saturated rings. The quantitative estimate of drug-likeness (QED) is 0.362. The number of nitrogens with one attached hydrogen (secondary N) is 2. The summed E-state index contributed by atoms with van der Waals surface area (Å²) in [6.07, 6.45) is 3.76. The van der Waals surface area contributed by atoms with Crippen molar-refractivity contribution in [1.82, 2.24) is 15.5 Å². The van der Waals surface area contributed by atoms with Crippen LogP contribution >= 0.6 is 0 Å². The van der Waals surface area contributed by atoms with Crippen LogP contribution in [0.5, 0.6) is 0 Å². The van der Waals surface area contributed by atoms with Crippen LogP contribution in [0.25, 0.3) is 6.08 Å². The fourth-order valence-corrected chi connectivity index (χ4v) is 3.61. The number of carbonyl (C=O) groups is 3. The lowest BCUT2D eigenvalue weighted by atomic mass is 9.97. The number of benzene rings is 1. The molecule has 2 atom stereocenters. The highest BCUT2D eigenvalue weighted by Gasteiger charge is 2.37. The first-order chi connectivity index (χ1) is 16.4. The van der Waals surface area contributed by atoms with Crippen molar-refractivity contribution >= 4 is 24.0 Å². The normalized spacial score (nSPS) is 13.0. The summed E-state index contributed by atoms with van der Waals surface area (Å²) in [5.41, 5.74) is 0.665. The zero-order valence-corrected chi connectivity index (χ0v) is 22.1. The van der Waals surface area contributed by atoms with Gasteiger partial charge in [-0.05, 0) is 50.3 Å². The van der Waals surface area contributed by atoms with Crippen LogP contribution in [-0.2, 0) is 14.3 Å². The summed E-state index contributed by atoms with van der Waals surface area (Å²) in [5.74, 6) is -1.11. The number of alkyl carbamates (subject to hydrolysis) is 1. The van der Waals surface area contributed by atoms with Crippen LogP contribution in [0.1, 0.15) is 78.0 Å². The summed E-state index contributed by atoms with van der Waals surface area (Å²) >= 11 is 0.